The maximum Gasteiger partial charge on any atom is 0.416 e. The number of nitrogens with zero attached hydrogens (tertiary/aromatic N) is 1. The summed E-state index contributed by atoms with van der Waals surface area (Å²) in [6.45, 7) is 0.925. The van der Waals surface area contributed by atoms with Crippen LogP contribution in [0.25, 0.3) is 5.69 Å². The van der Waals surface area contributed by atoms with Crippen LogP contribution in [0.15, 0.2) is 29.1 Å². The number of H-pyrrole nitrogens is 1. The van der Waals surface area contributed by atoms with E-state index in [2.05, 4.69) is 0 Å². The maximum atomic E-state index is 14.0. The molecule has 4 nitrogen and oxygen atoms in total. The molecule has 1 heterocycles. The minimum absolute atomic E-state index is 0.0524. The van der Waals surface area contributed by atoms with Gasteiger partial charge in [-0.25, -0.2) is 22.2 Å². The van der Waals surface area contributed by atoms with Gasteiger partial charge in [0, 0.05) is 17.3 Å². The van der Waals surface area contributed by atoms with Gasteiger partial charge in [0.1, 0.15) is 11.3 Å². The van der Waals surface area contributed by atoms with Gasteiger partial charge in [-0.1, -0.05) is 0 Å². The molecule has 1 N–H and O–H groups in total. The van der Waals surface area contributed by atoms with E-state index in [1.165, 1.54) is 0 Å². The second-order valence-electron chi connectivity index (χ2n) is 6.69. The van der Waals surface area contributed by atoms with Crippen LogP contribution in [-0.2, 0) is 12.4 Å². The molecule has 0 aliphatic carbocycles. The fourth-order valence-electron chi connectivity index (χ4n) is 2.96. The molecule has 176 valence electrons. The third-order valence-corrected chi connectivity index (χ3v) is 4.46. The standard InChI is InChI=1S/C19H8F10N2O2/c1-6-12(17(33)31(30-6)15-13(22)10(20)5-11(21)14(15)23)16(32)7-2-8(18(24,25)26)4-9(3-7)19(27,28)29/h2-5,30H,1H3. The summed E-state index contributed by atoms with van der Waals surface area (Å²) in [6, 6.07) is -0.310. The summed E-state index contributed by atoms with van der Waals surface area (Å²) in [7, 11) is 0. The Balaban J connectivity index is 2.25. The van der Waals surface area contributed by atoms with Crippen LogP contribution in [0.2, 0.25) is 0 Å². The number of aryl methyl sites for hydroxylation is 1. The summed E-state index contributed by atoms with van der Waals surface area (Å²) in [4.78, 5) is 25.3. The minimum atomic E-state index is -5.30. The Morgan fingerprint density at radius 1 is 0.818 bits per heavy atom. The van der Waals surface area contributed by atoms with Crippen molar-refractivity contribution >= 4 is 5.78 Å². The van der Waals surface area contributed by atoms with E-state index in [9.17, 15) is 53.5 Å². The molecule has 0 saturated heterocycles. The van der Waals surface area contributed by atoms with Crippen LogP contribution in [0.3, 0.4) is 0 Å². The van der Waals surface area contributed by atoms with Gasteiger partial charge in [0.05, 0.1) is 11.1 Å². The molecular formula is C19H8F10N2O2. The van der Waals surface area contributed by atoms with Gasteiger partial charge >= 0.3 is 12.4 Å². The van der Waals surface area contributed by atoms with Gasteiger partial charge in [-0.3, -0.25) is 14.7 Å². The van der Waals surface area contributed by atoms with Crippen LogP contribution in [-0.4, -0.2) is 15.6 Å². The average molecular weight is 486 g/mol. The van der Waals surface area contributed by atoms with Crippen LogP contribution >= 0.6 is 0 Å². The number of ketones is 1. The first-order valence-corrected chi connectivity index (χ1v) is 8.53. The lowest BCUT2D eigenvalue weighted by Gasteiger charge is -2.13. The van der Waals surface area contributed by atoms with Crippen LogP contribution in [0.1, 0.15) is 32.7 Å². The summed E-state index contributed by atoms with van der Waals surface area (Å²) < 4.78 is 133. The Morgan fingerprint density at radius 2 is 1.27 bits per heavy atom. The van der Waals surface area contributed by atoms with E-state index in [0.29, 0.717) is 0 Å². The molecule has 0 aliphatic heterocycles. The van der Waals surface area contributed by atoms with Crippen molar-refractivity contribution < 1.29 is 48.7 Å². The van der Waals surface area contributed by atoms with Crippen molar-refractivity contribution in [2.24, 2.45) is 0 Å². The minimum Gasteiger partial charge on any atom is -0.294 e. The average Bonchev–Trinajstić information content (AvgIpc) is 2.98. The van der Waals surface area contributed by atoms with E-state index in [0.717, 1.165) is 6.92 Å². The molecule has 0 spiro atoms. The van der Waals surface area contributed by atoms with Gasteiger partial charge in [-0.2, -0.15) is 26.3 Å². The highest BCUT2D eigenvalue weighted by Crippen LogP contribution is 2.36. The van der Waals surface area contributed by atoms with E-state index < -0.39 is 80.6 Å². The number of hydrogen-bond acceptors (Lipinski definition) is 2. The number of hydrogen-bond donors (Lipinski definition) is 1. The SMILES string of the molecule is Cc1[nH]n(-c2c(F)c(F)cc(F)c2F)c(=O)c1C(=O)c1cc(C(F)(F)F)cc(C(F)(F)F)c1. The van der Waals surface area contributed by atoms with Crippen molar-refractivity contribution in [2.45, 2.75) is 19.3 Å². The molecule has 0 bridgehead atoms. The summed E-state index contributed by atoms with van der Waals surface area (Å²) >= 11 is 0. The third kappa shape index (κ3) is 4.24. The predicted molar refractivity (Wildman–Crippen MR) is 90.8 cm³/mol. The van der Waals surface area contributed by atoms with E-state index >= 15 is 0 Å². The van der Waals surface area contributed by atoms with Crippen molar-refractivity contribution in [1.82, 2.24) is 9.78 Å². The Kier molecular flexibility index (Phi) is 5.67. The van der Waals surface area contributed by atoms with Gasteiger partial charge in [0.25, 0.3) is 5.56 Å². The van der Waals surface area contributed by atoms with Crippen molar-refractivity contribution in [3.63, 3.8) is 0 Å². The molecule has 2 aromatic carbocycles. The Morgan fingerprint density at radius 3 is 1.70 bits per heavy atom. The number of carbonyl (C=O) groups excluding carboxylic acids is 1. The maximum absolute atomic E-state index is 14.0. The number of aromatic nitrogens is 2. The van der Waals surface area contributed by atoms with E-state index in [-0.39, 0.29) is 28.9 Å². The number of alkyl halides is 6. The lowest BCUT2D eigenvalue weighted by atomic mass is 9.98. The van der Waals surface area contributed by atoms with Gasteiger partial charge in [-0.15, -0.1) is 0 Å². The second-order valence-corrected chi connectivity index (χ2v) is 6.69. The zero-order valence-electron chi connectivity index (χ0n) is 15.9. The Labute approximate surface area is 176 Å². The number of carbonyl (C=O) groups is 1. The zero-order chi connectivity index (χ0) is 25.0. The quantitative estimate of drug-likeness (QED) is 0.311. The topological polar surface area (TPSA) is 54.9 Å². The highest BCUT2D eigenvalue weighted by molar-refractivity contribution is 6.09. The van der Waals surface area contributed by atoms with Crippen LogP contribution < -0.4 is 5.56 Å². The second kappa shape index (κ2) is 7.78. The van der Waals surface area contributed by atoms with Crippen LogP contribution in [0, 0.1) is 30.2 Å². The van der Waals surface area contributed by atoms with Crippen molar-refractivity contribution in [1.29, 1.82) is 0 Å². The number of halogens is 10. The largest absolute Gasteiger partial charge is 0.416 e. The molecule has 1 aromatic heterocycles. The number of benzene rings is 2. The highest BCUT2D eigenvalue weighted by Gasteiger charge is 2.38. The van der Waals surface area contributed by atoms with Gasteiger partial charge in [0.15, 0.2) is 23.3 Å². The summed E-state index contributed by atoms with van der Waals surface area (Å²) in [6.07, 6.45) is -10.6. The van der Waals surface area contributed by atoms with Crippen molar-refractivity contribution in [2.75, 3.05) is 0 Å². The molecule has 0 unspecified atom stereocenters. The van der Waals surface area contributed by atoms with Crippen LogP contribution in [0.5, 0.6) is 0 Å². The molecular weight excluding hydrogens is 478 g/mol. The molecule has 0 aliphatic rings. The lowest BCUT2D eigenvalue weighted by Crippen LogP contribution is -2.24. The first-order chi connectivity index (χ1) is 15.0. The lowest BCUT2D eigenvalue weighted by molar-refractivity contribution is -0.143. The van der Waals surface area contributed by atoms with Crippen molar-refractivity contribution in [3.8, 4) is 5.69 Å². The summed E-state index contributed by atoms with van der Waals surface area (Å²) in [5, 5.41) is 1.93. The third-order valence-electron chi connectivity index (χ3n) is 4.46. The summed E-state index contributed by atoms with van der Waals surface area (Å²) in [5.41, 5.74) is -9.86. The molecule has 33 heavy (non-hydrogen) atoms. The van der Waals surface area contributed by atoms with E-state index in [1.807, 2.05) is 5.10 Å². The molecule has 0 atom stereocenters. The van der Waals surface area contributed by atoms with Gasteiger partial charge < -0.3 is 0 Å². The first kappa shape index (κ1) is 24.1. The number of rotatable bonds is 3. The molecule has 0 saturated carbocycles. The van der Waals surface area contributed by atoms with E-state index in [4.69, 9.17) is 0 Å². The predicted octanol–water partition coefficient (Wildman–Crippen LogP) is 5.30. The van der Waals surface area contributed by atoms with E-state index in [1.54, 1.807) is 0 Å². The molecule has 3 rings (SSSR count). The molecule has 0 fully saturated rings. The normalized spacial score (nSPS) is 12.3. The van der Waals surface area contributed by atoms with Gasteiger partial charge in [0.2, 0.25) is 5.78 Å². The molecule has 0 amide bonds. The summed E-state index contributed by atoms with van der Waals surface area (Å²) in [5.74, 6) is -9.58. The monoisotopic (exact) mass is 486 g/mol. The Bertz CT molecular complexity index is 1270. The molecule has 0 radical (unpaired) electrons. The smallest absolute Gasteiger partial charge is 0.294 e. The first-order valence-electron chi connectivity index (χ1n) is 8.53. The van der Waals surface area contributed by atoms with Gasteiger partial charge in [-0.05, 0) is 25.1 Å². The number of aromatic amines is 1. The zero-order valence-corrected chi connectivity index (χ0v) is 15.9. The molecule has 3 aromatic rings. The fourth-order valence-corrected chi connectivity index (χ4v) is 2.96. The van der Waals surface area contributed by atoms with Crippen molar-refractivity contribution in [3.05, 3.63) is 85.8 Å². The molecule has 14 heteroatoms. The van der Waals surface area contributed by atoms with Crippen LogP contribution in [0.4, 0.5) is 43.9 Å². The highest BCUT2D eigenvalue weighted by atomic mass is 19.4. The Hall–Kier alpha value is -3.58. The number of nitrogens with one attached hydrogen (secondary N) is 1. The fraction of sp³-hybridized carbons (Fsp3) is 0.158.